The van der Waals surface area contributed by atoms with Crippen LogP contribution < -0.4 is 0 Å². The van der Waals surface area contributed by atoms with Crippen LogP contribution in [0.5, 0.6) is 0 Å². The quantitative estimate of drug-likeness (QED) is 0.676. The summed E-state index contributed by atoms with van der Waals surface area (Å²) in [6.07, 6.45) is 3.59. The van der Waals surface area contributed by atoms with E-state index >= 15 is 0 Å². The number of halogens is 2. The van der Waals surface area contributed by atoms with Crippen molar-refractivity contribution in [1.82, 2.24) is 4.98 Å². The van der Waals surface area contributed by atoms with Crippen LogP contribution in [0.15, 0.2) is 12.3 Å². The van der Waals surface area contributed by atoms with Crippen LogP contribution in [-0.4, -0.2) is 11.3 Å². The largest absolute Gasteiger partial charge is 0.303 e. The van der Waals surface area contributed by atoms with Crippen molar-refractivity contribution in [1.29, 1.82) is 0 Å². The molecule has 2 nitrogen and oxygen atoms in total. The highest BCUT2D eigenvalue weighted by atomic mass is 35.5. The minimum absolute atomic E-state index is 0.0159. The van der Waals surface area contributed by atoms with Crippen LogP contribution in [0.1, 0.15) is 12.1 Å². The van der Waals surface area contributed by atoms with E-state index in [4.69, 9.17) is 11.6 Å². The summed E-state index contributed by atoms with van der Waals surface area (Å²) in [7, 11) is 0. The van der Waals surface area contributed by atoms with Crippen LogP contribution in [0.2, 0.25) is 5.02 Å². The lowest BCUT2D eigenvalue weighted by molar-refractivity contribution is -0.107. The molecule has 0 saturated carbocycles. The summed E-state index contributed by atoms with van der Waals surface area (Å²) in [6.45, 7) is 0. The van der Waals surface area contributed by atoms with Crippen LogP contribution in [0.3, 0.4) is 0 Å². The van der Waals surface area contributed by atoms with Gasteiger partial charge in [0.1, 0.15) is 6.29 Å². The zero-order valence-electron chi connectivity index (χ0n) is 6.13. The molecule has 0 amide bonds. The number of carbonyl (C=O) groups excluding carboxylic acids is 1. The van der Waals surface area contributed by atoms with Gasteiger partial charge in [0.25, 0.3) is 0 Å². The second-order valence-electron chi connectivity index (χ2n) is 2.10. The maximum Gasteiger partial charge on any atom is 0.163 e. The van der Waals surface area contributed by atoms with Crippen LogP contribution >= 0.6 is 11.6 Å². The smallest absolute Gasteiger partial charge is 0.163 e. The molecule has 0 aromatic carbocycles. The molecule has 0 atom stereocenters. The van der Waals surface area contributed by atoms with Gasteiger partial charge in [-0.25, -0.2) is 4.39 Å². The van der Waals surface area contributed by atoms with Crippen molar-refractivity contribution >= 4 is 17.9 Å². The van der Waals surface area contributed by atoms with E-state index in [2.05, 4.69) is 4.98 Å². The van der Waals surface area contributed by atoms with E-state index in [9.17, 15) is 9.18 Å². The van der Waals surface area contributed by atoms with Gasteiger partial charge in [0.15, 0.2) is 5.82 Å². The molecule has 63 valence electrons. The molecule has 0 aliphatic rings. The molecule has 0 saturated heterocycles. The third-order valence-corrected chi connectivity index (χ3v) is 1.57. The lowest BCUT2D eigenvalue weighted by Gasteiger charge is -1.99. The Bertz CT molecular complexity index is 290. The van der Waals surface area contributed by atoms with E-state index in [1.165, 1.54) is 18.7 Å². The Morgan fingerprint density at radius 2 is 2.42 bits per heavy atom. The molecule has 12 heavy (non-hydrogen) atoms. The lowest BCUT2D eigenvalue weighted by Crippen LogP contribution is -1.93. The second-order valence-corrected chi connectivity index (χ2v) is 2.51. The molecule has 1 heterocycles. The third-order valence-electron chi connectivity index (χ3n) is 1.28. The number of hydrogen-bond donors (Lipinski definition) is 0. The first-order chi connectivity index (χ1) is 5.75. The predicted octanol–water partition coefficient (Wildman–Crippen LogP) is 2.02. The number of carbonyl (C=O) groups is 1. The fraction of sp³-hybridized carbons (Fsp3) is 0.125. The molecule has 1 aromatic rings. The maximum atomic E-state index is 13.0. The van der Waals surface area contributed by atoms with E-state index in [-0.39, 0.29) is 17.1 Å². The number of aldehydes is 1. The average Bonchev–Trinajstić information content (AvgIpc) is 2.08. The summed E-state index contributed by atoms with van der Waals surface area (Å²) in [5, 5.41) is 0.0159. The molecular weight excluding hydrogens is 181 g/mol. The molecule has 1 radical (unpaired) electrons. The first-order valence-electron chi connectivity index (χ1n) is 3.32. The first-order valence-corrected chi connectivity index (χ1v) is 3.70. The van der Waals surface area contributed by atoms with E-state index < -0.39 is 5.82 Å². The topological polar surface area (TPSA) is 30.0 Å². The van der Waals surface area contributed by atoms with E-state index in [1.54, 1.807) is 0 Å². The highest BCUT2D eigenvalue weighted by Gasteiger charge is 2.06. The summed E-state index contributed by atoms with van der Waals surface area (Å²) in [4.78, 5) is 13.7. The molecule has 1 rings (SSSR count). The Morgan fingerprint density at radius 3 is 3.08 bits per heavy atom. The van der Waals surface area contributed by atoms with Crippen LogP contribution in [0.4, 0.5) is 4.39 Å². The van der Waals surface area contributed by atoms with Gasteiger partial charge in [-0.2, -0.15) is 0 Å². The number of pyridine rings is 1. The first kappa shape index (κ1) is 9.13. The fourth-order valence-corrected chi connectivity index (χ4v) is 0.890. The molecule has 0 bridgehead atoms. The summed E-state index contributed by atoms with van der Waals surface area (Å²) in [5.74, 6) is -0.582. The third kappa shape index (κ3) is 2.01. The lowest BCUT2D eigenvalue weighted by atomic mass is 10.2. The predicted molar refractivity (Wildman–Crippen MR) is 43.3 cm³/mol. The summed E-state index contributed by atoms with van der Waals surface area (Å²) in [5.41, 5.74) is 0.120. The van der Waals surface area contributed by atoms with Gasteiger partial charge in [0.2, 0.25) is 0 Å². The number of rotatable bonds is 3. The van der Waals surface area contributed by atoms with Gasteiger partial charge in [0, 0.05) is 19.0 Å². The van der Waals surface area contributed by atoms with Gasteiger partial charge in [0.05, 0.1) is 10.7 Å². The molecular formula is C8H6ClFNO. The van der Waals surface area contributed by atoms with Crippen molar-refractivity contribution in [3.8, 4) is 0 Å². The Hall–Kier alpha value is -0.960. The normalized spacial score (nSPS) is 9.83. The Kier molecular flexibility index (Phi) is 3.17. The maximum absolute atomic E-state index is 13.0. The average molecular weight is 187 g/mol. The van der Waals surface area contributed by atoms with Crippen molar-refractivity contribution in [3.05, 3.63) is 35.2 Å². The number of nitrogens with zero attached hydrogens (tertiary/aromatic N) is 1. The minimum Gasteiger partial charge on any atom is -0.303 e. The SMILES string of the molecule is O=CC[CH]c1nccc(Cl)c1F. The molecule has 0 aliphatic carbocycles. The molecule has 1 aromatic heterocycles. The van der Waals surface area contributed by atoms with Gasteiger partial charge < -0.3 is 4.79 Å². The monoisotopic (exact) mass is 186 g/mol. The Labute approximate surface area is 74.4 Å². The van der Waals surface area contributed by atoms with Crippen molar-refractivity contribution in [2.24, 2.45) is 0 Å². The van der Waals surface area contributed by atoms with E-state index in [1.807, 2.05) is 0 Å². The number of hydrogen-bond acceptors (Lipinski definition) is 2. The second kappa shape index (κ2) is 4.16. The standard InChI is InChI=1S/C8H6ClFNO/c9-6-3-4-11-7(8(6)10)2-1-5-12/h2-5H,1H2. The van der Waals surface area contributed by atoms with Crippen LogP contribution in [0.25, 0.3) is 0 Å². The van der Waals surface area contributed by atoms with Gasteiger partial charge in [-0.1, -0.05) is 11.6 Å². The molecule has 0 unspecified atom stereocenters. The van der Waals surface area contributed by atoms with Crippen molar-refractivity contribution in [2.45, 2.75) is 6.42 Å². The Morgan fingerprint density at radius 1 is 1.67 bits per heavy atom. The zero-order valence-corrected chi connectivity index (χ0v) is 6.88. The summed E-state index contributed by atoms with van der Waals surface area (Å²) >= 11 is 5.47. The van der Waals surface area contributed by atoms with E-state index in [0.717, 1.165) is 0 Å². The molecule has 0 fully saturated rings. The minimum atomic E-state index is -0.582. The van der Waals surface area contributed by atoms with Gasteiger partial charge in [-0.15, -0.1) is 0 Å². The number of aromatic nitrogens is 1. The van der Waals surface area contributed by atoms with Crippen molar-refractivity contribution in [2.75, 3.05) is 0 Å². The zero-order chi connectivity index (χ0) is 8.97. The highest BCUT2D eigenvalue weighted by molar-refractivity contribution is 6.30. The summed E-state index contributed by atoms with van der Waals surface area (Å²) in [6, 6.07) is 1.36. The highest BCUT2D eigenvalue weighted by Crippen LogP contribution is 2.17. The van der Waals surface area contributed by atoms with E-state index in [0.29, 0.717) is 6.29 Å². The van der Waals surface area contributed by atoms with Crippen molar-refractivity contribution in [3.63, 3.8) is 0 Å². The van der Waals surface area contributed by atoms with Gasteiger partial charge >= 0.3 is 0 Å². The molecule has 0 spiro atoms. The van der Waals surface area contributed by atoms with Crippen molar-refractivity contribution < 1.29 is 9.18 Å². The molecule has 0 N–H and O–H groups in total. The fourth-order valence-electron chi connectivity index (χ4n) is 0.737. The van der Waals surface area contributed by atoms with Crippen LogP contribution in [-0.2, 0) is 4.79 Å². The molecule has 4 heteroatoms. The summed E-state index contributed by atoms with van der Waals surface area (Å²) < 4.78 is 13.0. The molecule has 0 aliphatic heterocycles. The van der Waals surface area contributed by atoms with Gasteiger partial charge in [-0.3, -0.25) is 4.98 Å². The van der Waals surface area contributed by atoms with Gasteiger partial charge in [-0.05, 0) is 6.07 Å². The Balaban J connectivity index is 2.84. The van der Waals surface area contributed by atoms with Crippen LogP contribution in [0, 0.1) is 12.2 Å².